The summed E-state index contributed by atoms with van der Waals surface area (Å²) in [6.07, 6.45) is 0.956. The topological polar surface area (TPSA) is 50.2 Å². The highest BCUT2D eigenvalue weighted by Gasteiger charge is 2.22. The molecule has 0 atom stereocenters. The van der Waals surface area contributed by atoms with Gasteiger partial charge in [-0.15, -0.1) is 0 Å². The van der Waals surface area contributed by atoms with Crippen LogP contribution in [0.3, 0.4) is 0 Å². The molecule has 100 valence electrons. The molecular formula is C14H18N4O. The summed E-state index contributed by atoms with van der Waals surface area (Å²) in [7, 11) is 0. The average molecular weight is 258 g/mol. The number of carbonyl (C=O) groups excluding carboxylic acids is 1. The normalized spacial score (nSPS) is 14.5. The highest BCUT2D eigenvalue weighted by atomic mass is 16.2. The van der Waals surface area contributed by atoms with Crippen molar-refractivity contribution in [2.75, 3.05) is 13.1 Å². The number of benzene rings is 1. The van der Waals surface area contributed by atoms with Gasteiger partial charge in [-0.05, 0) is 18.6 Å². The zero-order valence-corrected chi connectivity index (χ0v) is 11.1. The molecule has 2 heterocycles. The minimum absolute atomic E-state index is 0.0140. The maximum absolute atomic E-state index is 12.0. The van der Waals surface area contributed by atoms with Crippen LogP contribution in [0.25, 0.3) is 11.0 Å². The molecule has 5 heteroatoms. The molecule has 0 radical (unpaired) electrons. The third-order valence-electron chi connectivity index (χ3n) is 3.47. The van der Waals surface area contributed by atoms with Crippen LogP contribution in [0.2, 0.25) is 0 Å². The van der Waals surface area contributed by atoms with E-state index in [1.54, 1.807) is 0 Å². The van der Waals surface area contributed by atoms with Crippen molar-refractivity contribution < 1.29 is 4.79 Å². The number of fused-ring (bicyclic) bond motifs is 3. The van der Waals surface area contributed by atoms with Gasteiger partial charge in [-0.2, -0.15) is 0 Å². The van der Waals surface area contributed by atoms with Crippen LogP contribution in [0.1, 0.15) is 19.2 Å². The maximum Gasteiger partial charge on any atom is 0.317 e. The molecule has 2 aromatic rings. The van der Waals surface area contributed by atoms with Crippen LogP contribution >= 0.6 is 0 Å². The molecule has 5 nitrogen and oxygen atoms in total. The van der Waals surface area contributed by atoms with Crippen molar-refractivity contribution in [2.45, 2.75) is 26.4 Å². The number of rotatable bonds is 2. The second kappa shape index (κ2) is 4.91. The fraction of sp³-hybridized carbons (Fsp3) is 0.429. The van der Waals surface area contributed by atoms with Crippen LogP contribution in [0.5, 0.6) is 0 Å². The molecule has 0 saturated heterocycles. The summed E-state index contributed by atoms with van der Waals surface area (Å²) in [5, 5.41) is 2.92. The van der Waals surface area contributed by atoms with Crippen molar-refractivity contribution >= 4 is 17.1 Å². The molecule has 1 N–H and O–H groups in total. The fourth-order valence-corrected chi connectivity index (χ4v) is 2.48. The standard InChI is InChI=1S/C14H18N4O/c1-2-7-15-14(19)17-8-9-18-12-6-4-3-5-11(12)16-13(18)10-17/h3-6H,2,7-10H2,1H3,(H,15,19). The smallest absolute Gasteiger partial charge is 0.317 e. The molecule has 1 aliphatic rings. The lowest BCUT2D eigenvalue weighted by molar-refractivity contribution is 0.183. The van der Waals surface area contributed by atoms with Crippen molar-refractivity contribution in [1.29, 1.82) is 0 Å². The van der Waals surface area contributed by atoms with E-state index in [-0.39, 0.29) is 6.03 Å². The highest BCUT2D eigenvalue weighted by Crippen LogP contribution is 2.20. The molecular weight excluding hydrogens is 240 g/mol. The van der Waals surface area contributed by atoms with Gasteiger partial charge in [0.25, 0.3) is 0 Å². The first-order valence-corrected chi connectivity index (χ1v) is 6.76. The molecule has 0 aliphatic carbocycles. The molecule has 0 bridgehead atoms. The second-order valence-corrected chi connectivity index (χ2v) is 4.82. The van der Waals surface area contributed by atoms with E-state index in [0.717, 1.165) is 42.9 Å². The number of hydrogen-bond acceptors (Lipinski definition) is 2. The van der Waals surface area contributed by atoms with Gasteiger partial charge in [-0.3, -0.25) is 0 Å². The van der Waals surface area contributed by atoms with Crippen LogP contribution in [0.15, 0.2) is 24.3 Å². The van der Waals surface area contributed by atoms with E-state index in [9.17, 15) is 4.79 Å². The first-order valence-electron chi connectivity index (χ1n) is 6.76. The number of aromatic nitrogens is 2. The first-order chi connectivity index (χ1) is 9.29. The molecule has 1 aromatic heterocycles. The van der Waals surface area contributed by atoms with E-state index < -0.39 is 0 Å². The third-order valence-corrected chi connectivity index (χ3v) is 3.47. The molecule has 2 amide bonds. The second-order valence-electron chi connectivity index (χ2n) is 4.82. The van der Waals surface area contributed by atoms with Crippen molar-refractivity contribution in [1.82, 2.24) is 19.8 Å². The number of nitrogens with one attached hydrogen (secondary N) is 1. The summed E-state index contributed by atoms with van der Waals surface area (Å²) in [5.41, 5.74) is 2.17. The highest BCUT2D eigenvalue weighted by molar-refractivity contribution is 5.77. The van der Waals surface area contributed by atoms with Gasteiger partial charge in [0.1, 0.15) is 5.82 Å². The lowest BCUT2D eigenvalue weighted by atomic mass is 10.3. The number of nitrogens with zero attached hydrogens (tertiary/aromatic N) is 3. The van der Waals surface area contributed by atoms with Crippen LogP contribution in [-0.4, -0.2) is 33.6 Å². The Morgan fingerprint density at radius 3 is 3.05 bits per heavy atom. The minimum atomic E-state index is 0.0140. The Labute approximate surface area is 112 Å². The quantitative estimate of drug-likeness (QED) is 0.895. The summed E-state index contributed by atoms with van der Waals surface area (Å²) < 4.78 is 2.21. The number of imidazole rings is 1. The molecule has 19 heavy (non-hydrogen) atoms. The van der Waals surface area contributed by atoms with Crippen LogP contribution in [-0.2, 0) is 13.1 Å². The fourth-order valence-electron chi connectivity index (χ4n) is 2.48. The molecule has 1 aliphatic heterocycles. The Hall–Kier alpha value is -2.04. The number of carbonyl (C=O) groups is 1. The first kappa shape index (κ1) is 12.0. The predicted octanol–water partition coefficient (Wildman–Crippen LogP) is 1.97. The Morgan fingerprint density at radius 2 is 2.21 bits per heavy atom. The van der Waals surface area contributed by atoms with Crippen molar-refractivity contribution in [3.8, 4) is 0 Å². The molecule has 0 spiro atoms. The summed E-state index contributed by atoms with van der Waals surface area (Å²) >= 11 is 0. The average Bonchev–Trinajstić information content (AvgIpc) is 2.82. The molecule has 0 unspecified atom stereocenters. The lowest BCUT2D eigenvalue weighted by Crippen LogP contribution is -2.44. The van der Waals surface area contributed by atoms with Gasteiger partial charge < -0.3 is 14.8 Å². The lowest BCUT2D eigenvalue weighted by Gasteiger charge is -2.28. The molecule has 0 saturated carbocycles. The summed E-state index contributed by atoms with van der Waals surface area (Å²) in [4.78, 5) is 18.4. The molecule has 3 rings (SSSR count). The van der Waals surface area contributed by atoms with E-state index in [0.29, 0.717) is 6.54 Å². The third kappa shape index (κ3) is 2.16. The molecule has 1 aromatic carbocycles. The predicted molar refractivity (Wildman–Crippen MR) is 73.8 cm³/mol. The largest absolute Gasteiger partial charge is 0.338 e. The van der Waals surface area contributed by atoms with E-state index in [4.69, 9.17) is 0 Å². The van der Waals surface area contributed by atoms with Gasteiger partial charge >= 0.3 is 6.03 Å². The number of para-hydroxylation sites is 2. The number of amides is 2. The number of urea groups is 1. The van der Waals surface area contributed by atoms with Crippen molar-refractivity contribution in [3.63, 3.8) is 0 Å². The van der Waals surface area contributed by atoms with Crippen molar-refractivity contribution in [3.05, 3.63) is 30.1 Å². The van der Waals surface area contributed by atoms with E-state index >= 15 is 0 Å². The van der Waals surface area contributed by atoms with Crippen LogP contribution in [0.4, 0.5) is 4.79 Å². The molecule has 0 fully saturated rings. The van der Waals surface area contributed by atoms with Crippen LogP contribution < -0.4 is 5.32 Å². The zero-order valence-electron chi connectivity index (χ0n) is 11.1. The van der Waals surface area contributed by atoms with Gasteiger partial charge in [-0.25, -0.2) is 9.78 Å². The summed E-state index contributed by atoms with van der Waals surface area (Å²) in [6.45, 7) is 4.92. The summed E-state index contributed by atoms with van der Waals surface area (Å²) in [5.74, 6) is 0.971. The SMILES string of the molecule is CCCNC(=O)N1CCn2c(nc3ccccc32)C1. The van der Waals surface area contributed by atoms with E-state index in [2.05, 4.69) is 27.9 Å². The van der Waals surface area contributed by atoms with E-state index in [1.165, 1.54) is 0 Å². The zero-order chi connectivity index (χ0) is 13.2. The Balaban J connectivity index is 1.82. The van der Waals surface area contributed by atoms with Gasteiger partial charge in [0.2, 0.25) is 0 Å². The van der Waals surface area contributed by atoms with Gasteiger partial charge in [0.05, 0.1) is 17.6 Å². The Kier molecular flexibility index (Phi) is 3.11. The summed E-state index contributed by atoms with van der Waals surface area (Å²) in [6, 6.07) is 8.13. The Bertz CT molecular complexity index is 605. The van der Waals surface area contributed by atoms with Gasteiger partial charge in [-0.1, -0.05) is 19.1 Å². The Morgan fingerprint density at radius 1 is 1.37 bits per heavy atom. The minimum Gasteiger partial charge on any atom is -0.338 e. The number of hydrogen-bond donors (Lipinski definition) is 1. The van der Waals surface area contributed by atoms with Crippen molar-refractivity contribution in [2.24, 2.45) is 0 Å². The van der Waals surface area contributed by atoms with E-state index in [1.807, 2.05) is 23.1 Å². The van der Waals surface area contributed by atoms with Gasteiger partial charge in [0.15, 0.2) is 0 Å². The monoisotopic (exact) mass is 258 g/mol. The maximum atomic E-state index is 12.0. The van der Waals surface area contributed by atoms with Crippen LogP contribution in [0, 0.1) is 0 Å². The van der Waals surface area contributed by atoms with Gasteiger partial charge in [0, 0.05) is 19.6 Å².